The molecule has 5 heteroatoms. The Morgan fingerprint density at radius 3 is 2.26 bits per heavy atom. The van der Waals surface area contributed by atoms with Crippen molar-refractivity contribution in [2.75, 3.05) is 0 Å². The van der Waals surface area contributed by atoms with Crippen molar-refractivity contribution in [2.24, 2.45) is 5.92 Å². The highest BCUT2D eigenvalue weighted by Crippen LogP contribution is 2.21. The van der Waals surface area contributed by atoms with Crippen LogP contribution in [-0.4, -0.2) is 15.6 Å². The number of imidazole rings is 1. The lowest BCUT2D eigenvalue weighted by Crippen LogP contribution is -3.00. The average molecular weight is 337 g/mol. The summed E-state index contributed by atoms with van der Waals surface area (Å²) in [5, 5.41) is 9.47. The second kappa shape index (κ2) is 7.64. The van der Waals surface area contributed by atoms with Crippen LogP contribution >= 0.6 is 0 Å². The minimum Gasteiger partial charge on any atom is -1.00 e. The van der Waals surface area contributed by atoms with Crippen molar-refractivity contribution in [3.63, 3.8) is 0 Å². The lowest BCUT2D eigenvalue weighted by Gasteiger charge is -2.11. The molecule has 0 spiro atoms. The first-order chi connectivity index (χ1) is 10.3. The van der Waals surface area contributed by atoms with E-state index in [1.165, 1.54) is 16.7 Å². The van der Waals surface area contributed by atoms with Gasteiger partial charge in [-0.3, -0.25) is 0 Å². The zero-order valence-corrected chi connectivity index (χ0v) is 15.1. The Morgan fingerprint density at radius 2 is 1.78 bits per heavy atom. The Kier molecular flexibility index (Phi) is 6.39. The quantitative estimate of drug-likeness (QED) is 0.802. The van der Waals surface area contributed by atoms with Gasteiger partial charge in [-0.1, -0.05) is 31.5 Å². The first kappa shape index (κ1) is 19.2. The Hall–Kier alpha value is -1.81. The highest BCUT2D eigenvalue weighted by Gasteiger charge is 2.26. The number of carbonyl (C=O) groups is 1. The predicted molar refractivity (Wildman–Crippen MR) is 86.3 cm³/mol. The summed E-state index contributed by atoms with van der Waals surface area (Å²) in [4.78, 5) is 11.5. The molecule has 1 aromatic carbocycles. The minimum absolute atomic E-state index is 0. The zero-order chi connectivity index (χ0) is 16.4. The van der Waals surface area contributed by atoms with E-state index in [4.69, 9.17) is 0 Å². The smallest absolute Gasteiger partial charge is 0.349 e. The maximum Gasteiger partial charge on any atom is 0.349 e. The van der Waals surface area contributed by atoms with Crippen LogP contribution in [0.4, 0.5) is 0 Å². The molecule has 0 bridgehead atoms. The molecule has 23 heavy (non-hydrogen) atoms. The highest BCUT2D eigenvalue weighted by molar-refractivity contribution is 5.69. The fourth-order valence-corrected chi connectivity index (χ4v) is 3.06. The summed E-state index contributed by atoms with van der Waals surface area (Å²) < 4.78 is 3.81. The third-order valence-electron chi connectivity index (χ3n) is 3.89. The fourth-order valence-electron chi connectivity index (χ4n) is 3.06. The van der Waals surface area contributed by atoms with Gasteiger partial charge in [-0.2, -0.15) is 0 Å². The van der Waals surface area contributed by atoms with E-state index in [1.54, 1.807) is 4.57 Å². The molecule has 0 unspecified atom stereocenters. The molecule has 0 aliphatic heterocycles. The summed E-state index contributed by atoms with van der Waals surface area (Å²) >= 11 is 0. The standard InChI is InChI=1S/C18H24N2O2.ClH/c1-12(2)8-16(18(21)22)19-6-7-20(11-19)17-14(4)9-13(3)10-15(17)5;/h6-7,9-12,16H,8H2,1-5H3;1H/t16-;/m0./s1. The number of hydrogen-bond donors (Lipinski definition) is 1. The van der Waals surface area contributed by atoms with E-state index in [9.17, 15) is 9.90 Å². The van der Waals surface area contributed by atoms with Crippen LogP contribution in [0, 0.1) is 26.7 Å². The molecule has 126 valence electrons. The number of aryl methyl sites for hydroxylation is 3. The van der Waals surface area contributed by atoms with Crippen molar-refractivity contribution in [3.8, 4) is 5.69 Å². The third kappa shape index (κ3) is 4.35. The summed E-state index contributed by atoms with van der Waals surface area (Å²) in [6.45, 7) is 10.3. The molecule has 1 heterocycles. The molecule has 0 fully saturated rings. The number of benzene rings is 1. The fraction of sp³-hybridized carbons (Fsp3) is 0.444. The van der Waals surface area contributed by atoms with Crippen molar-refractivity contribution in [1.29, 1.82) is 0 Å². The van der Waals surface area contributed by atoms with Gasteiger partial charge in [0, 0.05) is 6.42 Å². The van der Waals surface area contributed by atoms with E-state index >= 15 is 0 Å². The molecule has 1 atom stereocenters. The van der Waals surface area contributed by atoms with Gasteiger partial charge < -0.3 is 17.5 Å². The Balaban J connectivity index is 0.00000264. The summed E-state index contributed by atoms with van der Waals surface area (Å²) in [7, 11) is 0. The molecule has 0 aliphatic rings. The number of rotatable bonds is 5. The molecule has 0 amide bonds. The molecule has 0 radical (unpaired) electrons. The molecule has 0 saturated heterocycles. The van der Waals surface area contributed by atoms with Gasteiger partial charge in [-0.15, -0.1) is 0 Å². The lowest BCUT2D eigenvalue weighted by molar-refractivity contribution is -0.711. The average Bonchev–Trinajstić information content (AvgIpc) is 2.83. The van der Waals surface area contributed by atoms with Crippen LogP contribution in [0.1, 0.15) is 43.0 Å². The maximum atomic E-state index is 11.5. The molecule has 1 aromatic heterocycles. The number of hydrogen-bond acceptors (Lipinski definition) is 1. The van der Waals surface area contributed by atoms with Crippen molar-refractivity contribution in [1.82, 2.24) is 4.57 Å². The number of carboxylic acids is 1. The predicted octanol–water partition coefficient (Wildman–Crippen LogP) is 0.366. The lowest BCUT2D eigenvalue weighted by atomic mass is 10.0. The van der Waals surface area contributed by atoms with E-state index in [2.05, 4.69) is 32.9 Å². The van der Waals surface area contributed by atoms with Crippen LogP contribution in [0.3, 0.4) is 0 Å². The van der Waals surface area contributed by atoms with Crippen LogP contribution in [-0.2, 0) is 4.79 Å². The monoisotopic (exact) mass is 336 g/mol. The van der Waals surface area contributed by atoms with Crippen LogP contribution in [0.25, 0.3) is 5.69 Å². The normalized spacial score (nSPS) is 12.1. The molecule has 0 aliphatic carbocycles. The van der Waals surface area contributed by atoms with Crippen LogP contribution in [0.5, 0.6) is 0 Å². The first-order valence-corrected chi connectivity index (χ1v) is 7.69. The summed E-state index contributed by atoms with van der Waals surface area (Å²) in [6.07, 6.45) is 6.28. The molecule has 1 N–H and O–H groups in total. The van der Waals surface area contributed by atoms with Gasteiger partial charge in [-0.25, -0.2) is 13.9 Å². The number of aliphatic carboxylic acids is 1. The van der Waals surface area contributed by atoms with E-state index in [0.29, 0.717) is 12.3 Å². The van der Waals surface area contributed by atoms with E-state index in [0.717, 1.165) is 5.69 Å². The topological polar surface area (TPSA) is 46.1 Å². The number of nitrogens with zero attached hydrogens (tertiary/aromatic N) is 2. The SMILES string of the molecule is Cc1cc(C)c(-n2cc[n+]([C@@H](CC(C)C)C(=O)O)c2)c(C)c1.[Cl-]. The summed E-state index contributed by atoms with van der Waals surface area (Å²) in [5.74, 6) is -0.450. The van der Waals surface area contributed by atoms with E-state index < -0.39 is 12.0 Å². The van der Waals surface area contributed by atoms with Crippen molar-refractivity contribution < 1.29 is 26.9 Å². The second-order valence-corrected chi connectivity index (χ2v) is 6.50. The maximum absolute atomic E-state index is 11.5. The van der Waals surface area contributed by atoms with Gasteiger partial charge in [0.15, 0.2) is 6.04 Å². The molecular weight excluding hydrogens is 312 g/mol. The zero-order valence-electron chi connectivity index (χ0n) is 14.4. The highest BCUT2D eigenvalue weighted by atomic mass is 35.5. The molecule has 2 aromatic rings. The molecule has 2 rings (SSSR count). The van der Waals surface area contributed by atoms with Gasteiger partial charge in [0.05, 0.1) is 0 Å². The molecular formula is C18H25ClN2O2. The number of carboxylic acid groups (broad SMARTS) is 1. The van der Waals surface area contributed by atoms with Crippen molar-refractivity contribution >= 4 is 5.97 Å². The van der Waals surface area contributed by atoms with Gasteiger partial charge >= 0.3 is 5.97 Å². The summed E-state index contributed by atoms with van der Waals surface area (Å²) in [6, 6.07) is 3.78. The Bertz CT molecular complexity index is 669. The van der Waals surface area contributed by atoms with Crippen molar-refractivity contribution in [2.45, 2.75) is 47.1 Å². The second-order valence-electron chi connectivity index (χ2n) is 6.50. The van der Waals surface area contributed by atoms with Crippen molar-refractivity contribution in [3.05, 3.63) is 47.5 Å². The number of aromatic nitrogens is 2. The Morgan fingerprint density at radius 1 is 1.22 bits per heavy atom. The molecule has 0 saturated carbocycles. The van der Waals surface area contributed by atoms with E-state index in [-0.39, 0.29) is 12.4 Å². The largest absolute Gasteiger partial charge is 1.00 e. The van der Waals surface area contributed by atoms with Gasteiger partial charge in [0.1, 0.15) is 18.1 Å². The summed E-state index contributed by atoms with van der Waals surface area (Å²) in [5.41, 5.74) is 4.74. The first-order valence-electron chi connectivity index (χ1n) is 7.69. The third-order valence-corrected chi connectivity index (χ3v) is 3.89. The van der Waals surface area contributed by atoms with Gasteiger partial charge in [0.25, 0.3) is 0 Å². The number of halogens is 1. The van der Waals surface area contributed by atoms with E-state index in [1.807, 2.05) is 37.1 Å². The van der Waals surface area contributed by atoms with Crippen LogP contribution < -0.4 is 17.0 Å². The van der Waals surface area contributed by atoms with Crippen LogP contribution in [0.2, 0.25) is 0 Å². The van der Waals surface area contributed by atoms with Gasteiger partial charge in [-0.05, 0) is 37.8 Å². The van der Waals surface area contributed by atoms with Crippen LogP contribution in [0.15, 0.2) is 30.9 Å². The minimum atomic E-state index is -0.784. The van der Waals surface area contributed by atoms with Gasteiger partial charge in [0.2, 0.25) is 6.33 Å². The Labute approximate surface area is 144 Å². The molecule has 4 nitrogen and oxygen atoms in total.